The summed E-state index contributed by atoms with van der Waals surface area (Å²) in [4.78, 5) is 8.49. The number of ether oxygens (including phenoxy) is 1. The minimum absolute atomic E-state index is 0.542. The Morgan fingerprint density at radius 1 is 0.962 bits per heavy atom. The van der Waals surface area contributed by atoms with E-state index in [-0.39, 0.29) is 0 Å². The maximum absolute atomic E-state index is 5.87. The van der Waals surface area contributed by atoms with Gasteiger partial charge in [-0.1, -0.05) is 30.3 Å². The van der Waals surface area contributed by atoms with Crippen molar-refractivity contribution in [2.45, 2.75) is 6.61 Å². The van der Waals surface area contributed by atoms with E-state index in [0.29, 0.717) is 6.61 Å². The maximum Gasteiger partial charge on any atom is 0.119 e. The molecule has 1 heterocycles. The van der Waals surface area contributed by atoms with Gasteiger partial charge in [0.15, 0.2) is 0 Å². The van der Waals surface area contributed by atoms with Crippen LogP contribution in [0.15, 0.2) is 90.3 Å². The number of rotatable bonds is 6. The first kappa shape index (κ1) is 17.4. The molecule has 0 unspecified atom stereocenters. The first-order chi connectivity index (χ1) is 12.8. The summed E-state index contributed by atoms with van der Waals surface area (Å²) in [7, 11) is 1.76. The Morgan fingerprint density at radius 3 is 2.27 bits per heavy atom. The Kier molecular flexibility index (Phi) is 5.78. The fraction of sp³-hybridized carbons (Fsp3) is 0.0909. The highest BCUT2D eigenvalue weighted by molar-refractivity contribution is 6.31. The van der Waals surface area contributed by atoms with Crippen LogP contribution in [-0.4, -0.2) is 17.7 Å². The molecule has 0 saturated carbocycles. The number of aromatic nitrogens is 1. The lowest BCUT2D eigenvalue weighted by atomic mass is 9.97. The van der Waals surface area contributed by atoms with Gasteiger partial charge in [0.2, 0.25) is 0 Å². The van der Waals surface area contributed by atoms with Crippen LogP contribution in [0, 0.1) is 0 Å². The molecule has 130 valence electrons. The Balaban J connectivity index is 1.76. The van der Waals surface area contributed by atoms with Crippen molar-refractivity contribution in [2.24, 2.45) is 10.7 Å². The van der Waals surface area contributed by atoms with Gasteiger partial charge in [0.1, 0.15) is 12.4 Å². The van der Waals surface area contributed by atoms with Gasteiger partial charge in [0, 0.05) is 36.8 Å². The van der Waals surface area contributed by atoms with Gasteiger partial charge in [0.05, 0.1) is 5.71 Å². The highest BCUT2D eigenvalue weighted by atomic mass is 16.5. The van der Waals surface area contributed by atoms with Crippen molar-refractivity contribution in [3.05, 3.63) is 102 Å². The normalized spacial score (nSPS) is 12.0. The molecule has 0 fully saturated rings. The molecule has 3 rings (SSSR count). The number of pyridine rings is 1. The molecule has 4 heteroatoms. The Morgan fingerprint density at radius 2 is 1.65 bits per heavy atom. The number of benzene rings is 2. The van der Waals surface area contributed by atoms with E-state index in [1.807, 2.05) is 66.7 Å². The molecule has 0 saturated heterocycles. The van der Waals surface area contributed by atoms with Crippen LogP contribution in [-0.2, 0) is 6.61 Å². The lowest BCUT2D eigenvalue weighted by Crippen LogP contribution is -2.07. The van der Waals surface area contributed by atoms with Crippen molar-refractivity contribution in [3.8, 4) is 5.75 Å². The molecular weight excluding hydrogens is 322 g/mol. The zero-order chi connectivity index (χ0) is 18.2. The zero-order valence-electron chi connectivity index (χ0n) is 14.7. The van der Waals surface area contributed by atoms with Crippen LogP contribution in [0.3, 0.4) is 0 Å². The molecule has 2 aromatic carbocycles. The molecule has 0 aliphatic rings. The molecule has 2 N–H and O–H groups in total. The van der Waals surface area contributed by atoms with E-state index in [1.54, 1.807) is 25.6 Å². The van der Waals surface area contributed by atoms with E-state index in [4.69, 9.17) is 10.5 Å². The molecule has 0 aliphatic carbocycles. The molecule has 4 nitrogen and oxygen atoms in total. The van der Waals surface area contributed by atoms with E-state index in [2.05, 4.69) is 9.98 Å². The van der Waals surface area contributed by atoms with Crippen LogP contribution in [0.25, 0.3) is 5.57 Å². The van der Waals surface area contributed by atoms with Gasteiger partial charge in [-0.25, -0.2) is 0 Å². The third-order valence-corrected chi connectivity index (χ3v) is 4.01. The minimum Gasteiger partial charge on any atom is -0.489 e. The summed E-state index contributed by atoms with van der Waals surface area (Å²) < 4.78 is 5.84. The Hall–Kier alpha value is -3.40. The number of nitrogens with zero attached hydrogens (tertiary/aromatic N) is 2. The predicted octanol–water partition coefficient (Wildman–Crippen LogP) is 4.08. The maximum atomic E-state index is 5.87. The summed E-state index contributed by atoms with van der Waals surface area (Å²) in [6, 6.07) is 21.8. The van der Waals surface area contributed by atoms with Crippen molar-refractivity contribution in [2.75, 3.05) is 7.05 Å². The van der Waals surface area contributed by atoms with Crippen molar-refractivity contribution in [3.63, 3.8) is 0 Å². The predicted molar refractivity (Wildman–Crippen MR) is 106 cm³/mol. The van der Waals surface area contributed by atoms with E-state index in [1.165, 1.54) is 0 Å². The van der Waals surface area contributed by atoms with Crippen molar-refractivity contribution in [1.29, 1.82) is 0 Å². The topological polar surface area (TPSA) is 60.5 Å². The minimum atomic E-state index is 0.542. The summed E-state index contributed by atoms with van der Waals surface area (Å²) in [6.45, 7) is 0.542. The van der Waals surface area contributed by atoms with E-state index < -0.39 is 0 Å². The van der Waals surface area contributed by atoms with E-state index in [0.717, 1.165) is 33.7 Å². The molecule has 0 aliphatic heterocycles. The van der Waals surface area contributed by atoms with Crippen LogP contribution < -0.4 is 10.5 Å². The van der Waals surface area contributed by atoms with Crippen molar-refractivity contribution < 1.29 is 4.74 Å². The highest BCUT2D eigenvalue weighted by Gasteiger charge is 2.11. The lowest BCUT2D eigenvalue weighted by Gasteiger charge is -2.12. The number of hydrogen-bond donors (Lipinski definition) is 1. The summed E-state index contributed by atoms with van der Waals surface area (Å²) in [6.07, 6.45) is 5.07. The third kappa shape index (κ3) is 4.16. The molecular formula is C22H21N3O. The molecule has 0 bridgehead atoms. The molecule has 0 radical (unpaired) electrons. The van der Waals surface area contributed by atoms with Gasteiger partial charge < -0.3 is 10.5 Å². The first-order valence-corrected chi connectivity index (χ1v) is 8.38. The second kappa shape index (κ2) is 8.62. The SMILES string of the molecule is CN=C(C(=CN)c1ccncc1)c1ccc(OCc2ccccc2)cc1. The summed E-state index contributed by atoms with van der Waals surface area (Å²) in [5, 5.41) is 0. The molecule has 0 spiro atoms. The quantitative estimate of drug-likeness (QED) is 0.686. The van der Waals surface area contributed by atoms with E-state index in [9.17, 15) is 0 Å². The van der Waals surface area contributed by atoms with Crippen LogP contribution in [0.2, 0.25) is 0 Å². The fourth-order valence-corrected chi connectivity index (χ4v) is 2.70. The van der Waals surface area contributed by atoms with Crippen LogP contribution in [0.1, 0.15) is 16.7 Å². The zero-order valence-corrected chi connectivity index (χ0v) is 14.7. The second-order valence-corrected chi connectivity index (χ2v) is 5.69. The average molecular weight is 343 g/mol. The second-order valence-electron chi connectivity index (χ2n) is 5.69. The molecule has 0 atom stereocenters. The van der Waals surface area contributed by atoms with Crippen molar-refractivity contribution in [1.82, 2.24) is 4.98 Å². The van der Waals surface area contributed by atoms with Gasteiger partial charge in [-0.05, 0) is 47.5 Å². The van der Waals surface area contributed by atoms with Crippen LogP contribution in [0.4, 0.5) is 0 Å². The van der Waals surface area contributed by atoms with Crippen molar-refractivity contribution >= 4 is 11.3 Å². The average Bonchev–Trinajstić information content (AvgIpc) is 2.72. The highest BCUT2D eigenvalue weighted by Crippen LogP contribution is 2.22. The lowest BCUT2D eigenvalue weighted by molar-refractivity contribution is 0.306. The number of allylic oxidation sites excluding steroid dienone is 1. The third-order valence-electron chi connectivity index (χ3n) is 4.01. The van der Waals surface area contributed by atoms with Gasteiger partial charge in [-0.15, -0.1) is 0 Å². The number of hydrogen-bond acceptors (Lipinski definition) is 4. The monoisotopic (exact) mass is 343 g/mol. The Labute approximate surface area is 153 Å². The van der Waals surface area contributed by atoms with Gasteiger partial charge in [-0.3, -0.25) is 9.98 Å². The summed E-state index contributed by atoms with van der Waals surface area (Å²) in [5.74, 6) is 0.815. The Bertz CT molecular complexity index is 886. The molecule has 3 aromatic rings. The summed E-state index contributed by atoms with van der Waals surface area (Å²) in [5.41, 5.74) is 10.7. The summed E-state index contributed by atoms with van der Waals surface area (Å²) >= 11 is 0. The largest absolute Gasteiger partial charge is 0.489 e. The van der Waals surface area contributed by atoms with Gasteiger partial charge >= 0.3 is 0 Å². The molecule has 0 amide bonds. The number of nitrogens with two attached hydrogens (primary N) is 1. The smallest absolute Gasteiger partial charge is 0.119 e. The fourth-order valence-electron chi connectivity index (χ4n) is 2.70. The van der Waals surface area contributed by atoms with Gasteiger partial charge in [0.25, 0.3) is 0 Å². The van der Waals surface area contributed by atoms with Crippen LogP contribution >= 0.6 is 0 Å². The standard InChI is InChI=1S/C22H21N3O/c1-24-22(21(15-23)18-11-13-25-14-12-18)19-7-9-20(10-8-19)26-16-17-5-3-2-4-6-17/h2-15H,16,23H2,1H3. The number of aliphatic imine (C=N–C) groups is 1. The van der Waals surface area contributed by atoms with E-state index >= 15 is 0 Å². The van der Waals surface area contributed by atoms with Gasteiger partial charge in [-0.2, -0.15) is 0 Å². The van der Waals surface area contributed by atoms with Crippen LogP contribution in [0.5, 0.6) is 5.75 Å². The molecule has 26 heavy (non-hydrogen) atoms. The first-order valence-electron chi connectivity index (χ1n) is 8.38. The molecule has 1 aromatic heterocycles.